The van der Waals surface area contributed by atoms with E-state index >= 15 is 0 Å². The molecule has 0 aliphatic rings. The molecule has 0 bridgehead atoms. The van der Waals surface area contributed by atoms with Crippen LogP contribution in [0.1, 0.15) is 55.6 Å². The second kappa shape index (κ2) is 6.87. The summed E-state index contributed by atoms with van der Waals surface area (Å²) in [6.45, 7) is 8.86. The van der Waals surface area contributed by atoms with Crippen molar-refractivity contribution >= 4 is 0 Å². The Hall–Kier alpha value is -1.65. The molecule has 2 N–H and O–H groups in total. The standard InChI is InChI=1S/C17H25N3O/c1-12(2)20-11-16(9-19-20)14(4)18-10-17(21)15-7-5-6-13(3)8-15/h5-9,11-12,14,17-18,21H,10H2,1-4H3/t14-,17-/m0/s1. The summed E-state index contributed by atoms with van der Waals surface area (Å²) in [6, 6.07) is 8.52. The number of aryl methyl sites for hydroxylation is 1. The molecule has 0 aliphatic heterocycles. The number of aliphatic hydroxyl groups excluding tert-OH is 1. The van der Waals surface area contributed by atoms with Crippen molar-refractivity contribution in [1.29, 1.82) is 0 Å². The molecule has 2 atom stereocenters. The van der Waals surface area contributed by atoms with E-state index < -0.39 is 6.10 Å². The van der Waals surface area contributed by atoms with Crippen molar-refractivity contribution in [3.8, 4) is 0 Å². The molecule has 1 heterocycles. The van der Waals surface area contributed by atoms with Crippen molar-refractivity contribution < 1.29 is 5.11 Å². The Morgan fingerprint density at radius 3 is 2.62 bits per heavy atom. The summed E-state index contributed by atoms with van der Waals surface area (Å²) in [5, 5.41) is 18.0. The van der Waals surface area contributed by atoms with Crippen molar-refractivity contribution in [2.24, 2.45) is 0 Å². The molecule has 0 radical (unpaired) electrons. The molecule has 0 spiro atoms. The fraction of sp³-hybridized carbons (Fsp3) is 0.471. The summed E-state index contributed by atoms with van der Waals surface area (Å²) >= 11 is 0. The first-order valence-corrected chi connectivity index (χ1v) is 7.49. The summed E-state index contributed by atoms with van der Waals surface area (Å²) in [7, 11) is 0. The summed E-state index contributed by atoms with van der Waals surface area (Å²) in [4.78, 5) is 0. The van der Waals surface area contributed by atoms with Gasteiger partial charge in [-0.15, -0.1) is 0 Å². The molecule has 0 fully saturated rings. The Bertz CT molecular complexity index is 577. The van der Waals surface area contributed by atoms with Crippen LogP contribution < -0.4 is 5.32 Å². The number of benzene rings is 1. The number of rotatable bonds is 6. The van der Waals surface area contributed by atoms with Crippen molar-refractivity contribution in [1.82, 2.24) is 15.1 Å². The number of aliphatic hydroxyl groups is 1. The Balaban J connectivity index is 1.92. The summed E-state index contributed by atoms with van der Waals surface area (Å²) in [5.41, 5.74) is 3.26. The lowest BCUT2D eigenvalue weighted by Crippen LogP contribution is -2.24. The van der Waals surface area contributed by atoms with Crippen LogP contribution in [0.25, 0.3) is 0 Å². The smallest absolute Gasteiger partial charge is 0.0914 e. The molecule has 1 aromatic heterocycles. The van der Waals surface area contributed by atoms with Crippen molar-refractivity contribution in [2.75, 3.05) is 6.54 Å². The van der Waals surface area contributed by atoms with Gasteiger partial charge < -0.3 is 10.4 Å². The Kier molecular flexibility index (Phi) is 5.15. The molecule has 0 aliphatic carbocycles. The first-order valence-electron chi connectivity index (χ1n) is 7.49. The van der Waals surface area contributed by atoms with Gasteiger partial charge in [-0.05, 0) is 33.3 Å². The molecule has 2 aromatic rings. The third-order valence-electron chi connectivity index (χ3n) is 3.69. The summed E-state index contributed by atoms with van der Waals surface area (Å²) < 4.78 is 1.95. The zero-order valence-corrected chi connectivity index (χ0v) is 13.2. The molecule has 1 aromatic carbocycles. The molecular formula is C17H25N3O. The van der Waals surface area contributed by atoms with Crippen molar-refractivity contribution in [2.45, 2.75) is 45.9 Å². The molecular weight excluding hydrogens is 262 g/mol. The topological polar surface area (TPSA) is 50.1 Å². The van der Waals surface area contributed by atoms with Gasteiger partial charge in [0.15, 0.2) is 0 Å². The highest BCUT2D eigenvalue weighted by Crippen LogP contribution is 2.17. The van der Waals surface area contributed by atoms with Crippen molar-refractivity contribution in [3.63, 3.8) is 0 Å². The summed E-state index contributed by atoms with van der Waals surface area (Å²) in [5.74, 6) is 0. The molecule has 0 unspecified atom stereocenters. The van der Waals surface area contributed by atoms with Gasteiger partial charge in [0.25, 0.3) is 0 Å². The van der Waals surface area contributed by atoms with Crippen molar-refractivity contribution in [3.05, 3.63) is 53.3 Å². The maximum Gasteiger partial charge on any atom is 0.0914 e. The quantitative estimate of drug-likeness (QED) is 0.858. The molecule has 114 valence electrons. The molecule has 0 saturated carbocycles. The number of hydrogen-bond donors (Lipinski definition) is 2. The number of nitrogens with one attached hydrogen (secondary N) is 1. The van der Waals surface area contributed by atoms with E-state index in [0.29, 0.717) is 12.6 Å². The average Bonchev–Trinajstić information content (AvgIpc) is 2.94. The van der Waals surface area contributed by atoms with Crippen LogP contribution in [0.3, 0.4) is 0 Å². The zero-order valence-electron chi connectivity index (χ0n) is 13.2. The largest absolute Gasteiger partial charge is 0.387 e. The molecule has 0 saturated heterocycles. The Morgan fingerprint density at radius 2 is 2.00 bits per heavy atom. The monoisotopic (exact) mass is 287 g/mol. The van der Waals surface area contributed by atoms with Gasteiger partial charge in [0.1, 0.15) is 0 Å². The fourth-order valence-corrected chi connectivity index (χ4v) is 2.26. The lowest BCUT2D eigenvalue weighted by atomic mass is 10.1. The minimum atomic E-state index is -0.493. The minimum Gasteiger partial charge on any atom is -0.387 e. The molecule has 4 heteroatoms. The molecule has 0 amide bonds. The van der Waals surface area contributed by atoms with E-state index in [1.807, 2.05) is 42.1 Å². The normalized spacial score (nSPS) is 14.4. The van der Waals surface area contributed by atoms with Crippen LogP contribution in [-0.4, -0.2) is 21.4 Å². The van der Waals surface area contributed by atoms with Crippen LogP contribution in [0.5, 0.6) is 0 Å². The third kappa shape index (κ3) is 4.16. The van der Waals surface area contributed by atoms with E-state index in [4.69, 9.17) is 0 Å². The average molecular weight is 287 g/mol. The highest BCUT2D eigenvalue weighted by atomic mass is 16.3. The lowest BCUT2D eigenvalue weighted by molar-refractivity contribution is 0.170. The third-order valence-corrected chi connectivity index (χ3v) is 3.69. The second-order valence-electron chi connectivity index (χ2n) is 5.91. The number of aromatic nitrogens is 2. The van der Waals surface area contributed by atoms with E-state index in [1.165, 1.54) is 0 Å². The zero-order chi connectivity index (χ0) is 15.4. The predicted octanol–water partition coefficient (Wildman–Crippen LogP) is 3.16. The van der Waals surface area contributed by atoms with Gasteiger partial charge in [0.05, 0.1) is 12.3 Å². The van der Waals surface area contributed by atoms with E-state index in [0.717, 1.165) is 16.7 Å². The van der Waals surface area contributed by atoms with Gasteiger partial charge in [0, 0.05) is 30.4 Å². The van der Waals surface area contributed by atoms with Crippen LogP contribution in [0.4, 0.5) is 0 Å². The van der Waals surface area contributed by atoms with E-state index in [-0.39, 0.29) is 6.04 Å². The highest BCUT2D eigenvalue weighted by molar-refractivity contribution is 5.24. The first-order chi connectivity index (χ1) is 9.97. The SMILES string of the molecule is Cc1cccc([C@@H](O)CN[C@@H](C)c2cnn(C(C)C)c2)c1. The van der Waals surface area contributed by atoms with Crippen LogP contribution in [-0.2, 0) is 0 Å². The van der Waals surface area contributed by atoms with Crippen LogP contribution in [0.2, 0.25) is 0 Å². The second-order valence-corrected chi connectivity index (χ2v) is 5.91. The van der Waals surface area contributed by atoms with Crippen LogP contribution >= 0.6 is 0 Å². The molecule has 2 rings (SSSR count). The van der Waals surface area contributed by atoms with Gasteiger partial charge in [-0.25, -0.2) is 0 Å². The lowest BCUT2D eigenvalue weighted by Gasteiger charge is -2.17. The van der Waals surface area contributed by atoms with Gasteiger partial charge in [0.2, 0.25) is 0 Å². The van der Waals surface area contributed by atoms with E-state index in [2.05, 4.69) is 37.4 Å². The highest BCUT2D eigenvalue weighted by Gasteiger charge is 2.12. The predicted molar refractivity (Wildman–Crippen MR) is 85.2 cm³/mol. The van der Waals surface area contributed by atoms with Gasteiger partial charge in [-0.3, -0.25) is 4.68 Å². The Labute approximate surface area is 126 Å². The maximum absolute atomic E-state index is 10.3. The molecule has 21 heavy (non-hydrogen) atoms. The minimum absolute atomic E-state index is 0.164. The van der Waals surface area contributed by atoms with Crippen LogP contribution in [0.15, 0.2) is 36.7 Å². The summed E-state index contributed by atoms with van der Waals surface area (Å²) in [6.07, 6.45) is 3.45. The van der Waals surface area contributed by atoms with Crippen LogP contribution in [0, 0.1) is 6.92 Å². The van der Waals surface area contributed by atoms with E-state index in [1.54, 1.807) is 0 Å². The first kappa shape index (κ1) is 15.7. The number of hydrogen-bond acceptors (Lipinski definition) is 3. The molecule has 4 nitrogen and oxygen atoms in total. The van der Waals surface area contributed by atoms with Gasteiger partial charge in [-0.2, -0.15) is 5.10 Å². The van der Waals surface area contributed by atoms with Gasteiger partial charge in [-0.1, -0.05) is 29.8 Å². The van der Waals surface area contributed by atoms with E-state index in [9.17, 15) is 5.11 Å². The van der Waals surface area contributed by atoms with Gasteiger partial charge >= 0.3 is 0 Å². The number of nitrogens with zero attached hydrogens (tertiary/aromatic N) is 2. The maximum atomic E-state index is 10.3. The fourth-order valence-electron chi connectivity index (χ4n) is 2.26. The Morgan fingerprint density at radius 1 is 1.24 bits per heavy atom.